The molecule has 0 spiro atoms. The van der Waals surface area contributed by atoms with E-state index in [1.54, 1.807) is 7.11 Å². The van der Waals surface area contributed by atoms with Crippen molar-refractivity contribution >= 4 is 5.91 Å². The molecule has 3 N–H and O–H groups in total. The molecule has 0 radical (unpaired) electrons. The van der Waals surface area contributed by atoms with Crippen LogP contribution in [0.5, 0.6) is 0 Å². The van der Waals surface area contributed by atoms with Crippen LogP contribution in [0.1, 0.15) is 32.1 Å². The summed E-state index contributed by atoms with van der Waals surface area (Å²) in [5, 5.41) is 0. The highest BCUT2D eigenvalue weighted by Gasteiger charge is 2.22. The number of carbonyl (C=O) groups is 1. The molecule has 0 aromatic rings. The van der Waals surface area contributed by atoms with Crippen molar-refractivity contribution in [2.24, 2.45) is 5.84 Å². The highest BCUT2D eigenvalue weighted by atomic mass is 16.5. The van der Waals surface area contributed by atoms with Crippen LogP contribution in [0.15, 0.2) is 0 Å². The van der Waals surface area contributed by atoms with Gasteiger partial charge in [-0.2, -0.15) is 0 Å². The second-order valence-corrected chi connectivity index (χ2v) is 3.83. The second-order valence-electron chi connectivity index (χ2n) is 3.83. The summed E-state index contributed by atoms with van der Waals surface area (Å²) in [4.78, 5) is 10.8. The number of hydrogen-bond acceptors (Lipinski definition) is 4. The first kappa shape index (κ1) is 12.4. The van der Waals surface area contributed by atoms with Crippen LogP contribution < -0.4 is 11.3 Å². The fourth-order valence-electron chi connectivity index (χ4n) is 1.86. The van der Waals surface area contributed by atoms with Gasteiger partial charge in [-0.25, -0.2) is 5.84 Å². The van der Waals surface area contributed by atoms with E-state index in [-0.39, 0.29) is 12.0 Å². The summed E-state index contributed by atoms with van der Waals surface area (Å²) >= 11 is 0. The lowest BCUT2D eigenvalue weighted by atomic mass is 9.95. The van der Waals surface area contributed by atoms with E-state index in [4.69, 9.17) is 15.3 Å². The Kier molecular flexibility index (Phi) is 5.60. The van der Waals surface area contributed by atoms with E-state index in [2.05, 4.69) is 5.43 Å². The Balaban J connectivity index is 2.12. The molecule has 0 aromatic heterocycles. The maximum Gasteiger partial charge on any atom is 0.236 e. The largest absolute Gasteiger partial charge is 0.381 e. The first-order valence-corrected chi connectivity index (χ1v) is 5.40. The molecule has 0 aliphatic heterocycles. The topological polar surface area (TPSA) is 73.6 Å². The Hall–Kier alpha value is -0.650. The Bertz CT molecular complexity index is 199. The Labute approximate surface area is 90.3 Å². The number of methoxy groups -OCH3 is 1. The van der Waals surface area contributed by atoms with Crippen molar-refractivity contribution in [1.82, 2.24) is 5.43 Å². The number of hydrazine groups is 1. The quantitative estimate of drug-likeness (QED) is 0.395. The van der Waals surface area contributed by atoms with E-state index in [1.165, 1.54) is 0 Å². The number of hydrogen-bond donors (Lipinski definition) is 2. The average molecular weight is 216 g/mol. The lowest BCUT2D eigenvalue weighted by molar-refractivity contribution is -0.123. The minimum atomic E-state index is -0.186. The van der Waals surface area contributed by atoms with Crippen LogP contribution in [0.3, 0.4) is 0 Å². The van der Waals surface area contributed by atoms with Crippen LogP contribution in [0, 0.1) is 0 Å². The summed E-state index contributed by atoms with van der Waals surface area (Å²) in [6, 6.07) is 0. The fraction of sp³-hybridized carbons (Fsp3) is 0.900. The van der Waals surface area contributed by atoms with Crippen molar-refractivity contribution in [2.75, 3.05) is 13.7 Å². The predicted octanol–water partition coefficient (Wildman–Crippen LogP) is 0.341. The molecule has 15 heavy (non-hydrogen) atoms. The third kappa shape index (κ3) is 4.59. The molecule has 2 unspecified atom stereocenters. The maximum absolute atomic E-state index is 10.8. The van der Waals surface area contributed by atoms with Crippen LogP contribution in [0.25, 0.3) is 0 Å². The maximum atomic E-state index is 10.8. The van der Waals surface area contributed by atoms with E-state index < -0.39 is 0 Å². The molecule has 5 heteroatoms. The number of nitrogens with two attached hydrogens (primary N) is 1. The SMILES string of the molecule is COC1CCCC(OCCC(=O)NN)C1. The van der Waals surface area contributed by atoms with Gasteiger partial charge in [0.25, 0.3) is 0 Å². The van der Waals surface area contributed by atoms with Crippen LogP contribution in [0.4, 0.5) is 0 Å². The molecule has 1 amide bonds. The van der Waals surface area contributed by atoms with Gasteiger partial charge in [-0.15, -0.1) is 0 Å². The monoisotopic (exact) mass is 216 g/mol. The van der Waals surface area contributed by atoms with Crippen molar-refractivity contribution in [3.05, 3.63) is 0 Å². The van der Waals surface area contributed by atoms with E-state index in [0.29, 0.717) is 19.1 Å². The number of rotatable bonds is 5. The van der Waals surface area contributed by atoms with Crippen molar-refractivity contribution in [3.8, 4) is 0 Å². The van der Waals surface area contributed by atoms with Crippen LogP contribution >= 0.6 is 0 Å². The Morgan fingerprint density at radius 1 is 1.47 bits per heavy atom. The second kappa shape index (κ2) is 6.76. The molecule has 1 rings (SSSR count). The van der Waals surface area contributed by atoms with Gasteiger partial charge in [-0.3, -0.25) is 10.2 Å². The fourth-order valence-corrected chi connectivity index (χ4v) is 1.86. The summed E-state index contributed by atoms with van der Waals surface area (Å²) in [7, 11) is 1.73. The summed E-state index contributed by atoms with van der Waals surface area (Å²) in [6.07, 6.45) is 5.10. The first-order chi connectivity index (χ1) is 7.26. The van der Waals surface area contributed by atoms with Gasteiger partial charge in [-0.05, 0) is 25.7 Å². The van der Waals surface area contributed by atoms with Crippen molar-refractivity contribution < 1.29 is 14.3 Å². The van der Waals surface area contributed by atoms with Crippen molar-refractivity contribution in [3.63, 3.8) is 0 Å². The zero-order chi connectivity index (χ0) is 11.1. The molecule has 0 saturated heterocycles. The van der Waals surface area contributed by atoms with E-state index in [9.17, 15) is 4.79 Å². The lowest BCUT2D eigenvalue weighted by Crippen LogP contribution is -2.32. The van der Waals surface area contributed by atoms with Gasteiger partial charge in [0.2, 0.25) is 5.91 Å². The summed E-state index contributed by atoms with van der Waals surface area (Å²) in [5.41, 5.74) is 2.08. The average Bonchev–Trinajstić information content (AvgIpc) is 2.29. The van der Waals surface area contributed by atoms with Gasteiger partial charge in [0.15, 0.2) is 0 Å². The molecule has 0 bridgehead atoms. The third-order valence-corrected chi connectivity index (χ3v) is 2.75. The van der Waals surface area contributed by atoms with Gasteiger partial charge in [0.05, 0.1) is 25.2 Å². The predicted molar refractivity (Wildman–Crippen MR) is 56.0 cm³/mol. The van der Waals surface area contributed by atoms with Crippen molar-refractivity contribution in [1.29, 1.82) is 0 Å². The number of nitrogens with one attached hydrogen (secondary N) is 1. The molecule has 1 fully saturated rings. The van der Waals surface area contributed by atoms with Gasteiger partial charge in [0, 0.05) is 7.11 Å². The molecule has 1 aliphatic rings. The smallest absolute Gasteiger partial charge is 0.236 e. The van der Waals surface area contributed by atoms with Crippen molar-refractivity contribution in [2.45, 2.75) is 44.3 Å². The van der Waals surface area contributed by atoms with E-state index >= 15 is 0 Å². The van der Waals surface area contributed by atoms with Gasteiger partial charge < -0.3 is 9.47 Å². The molecular weight excluding hydrogens is 196 g/mol. The number of carbonyl (C=O) groups excluding carboxylic acids is 1. The van der Waals surface area contributed by atoms with Gasteiger partial charge >= 0.3 is 0 Å². The van der Waals surface area contributed by atoms with Crippen LogP contribution in [-0.2, 0) is 14.3 Å². The number of amides is 1. The summed E-state index contributed by atoms with van der Waals surface area (Å²) < 4.78 is 10.9. The van der Waals surface area contributed by atoms with Crippen LogP contribution in [0.2, 0.25) is 0 Å². The minimum absolute atomic E-state index is 0.186. The Morgan fingerprint density at radius 3 is 2.87 bits per heavy atom. The molecule has 88 valence electrons. The molecule has 1 aliphatic carbocycles. The van der Waals surface area contributed by atoms with Crippen LogP contribution in [-0.4, -0.2) is 31.8 Å². The normalized spacial score (nSPS) is 26.3. The molecule has 0 heterocycles. The highest BCUT2D eigenvalue weighted by Crippen LogP contribution is 2.22. The summed E-state index contributed by atoms with van der Waals surface area (Å²) in [5.74, 6) is 4.77. The summed E-state index contributed by atoms with van der Waals surface area (Å²) in [6.45, 7) is 0.435. The molecule has 1 saturated carbocycles. The Morgan fingerprint density at radius 2 is 2.20 bits per heavy atom. The zero-order valence-electron chi connectivity index (χ0n) is 9.20. The standard InChI is InChI=1S/C10H20N2O3/c1-14-8-3-2-4-9(7-8)15-6-5-10(13)12-11/h8-9H,2-7,11H2,1H3,(H,12,13). The molecular formula is C10H20N2O3. The number of ether oxygens (including phenoxy) is 2. The minimum Gasteiger partial charge on any atom is -0.381 e. The molecule has 2 atom stereocenters. The lowest BCUT2D eigenvalue weighted by Gasteiger charge is -2.28. The third-order valence-electron chi connectivity index (χ3n) is 2.75. The highest BCUT2D eigenvalue weighted by molar-refractivity contribution is 5.75. The van der Waals surface area contributed by atoms with Gasteiger partial charge in [0.1, 0.15) is 0 Å². The molecule has 0 aromatic carbocycles. The zero-order valence-corrected chi connectivity index (χ0v) is 9.20. The van der Waals surface area contributed by atoms with E-state index in [0.717, 1.165) is 25.7 Å². The van der Waals surface area contributed by atoms with E-state index in [1.807, 2.05) is 0 Å². The van der Waals surface area contributed by atoms with Gasteiger partial charge in [-0.1, -0.05) is 0 Å². The molecule has 5 nitrogen and oxygen atoms in total. The first-order valence-electron chi connectivity index (χ1n) is 5.40.